The summed E-state index contributed by atoms with van der Waals surface area (Å²) in [7, 11) is 0. The Labute approximate surface area is 158 Å². The van der Waals surface area contributed by atoms with Crippen molar-refractivity contribution in [3.05, 3.63) is 30.3 Å². The minimum Gasteiger partial charge on any atom is -0.385 e. The Morgan fingerprint density at radius 3 is 2.50 bits per heavy atom. The van der Waals surface area contributed by atoms with Crippen molar-refractivity contribution in [2.24, 2.45) is 11.8 Å². The maximum absolute atomic E-state index is 12.0. The molecular formula is C18H31Cl2N3O. The first-order valence-electron chi connectivity index (χ1n) is 8.52. The second kappa shape index (κ2) is 13.3. The lowest BCUT2D eigenvalue weighted by atomic mass is 9.84. The Morgan fingerprint density at radius 1 is 1.17 bits per heavy atom. The number of carbonyl (C=O) groups is 1. The maximum atomic E-state index is 12.0. The number of anilines is 1. The summed E-state index contributed by atoms with van der Waals surface area (Å²) in [4.78, 5) is 12.0. The van der Waals surface area contributed by atoms with E-state index >= 15 is 0 Å². The average Bonchev–Trinajstić information content (AvgIpc) is 2.56. The molecule has 2 rings (SSSR count). The lowest BCUT2D eigenvalue weighted by Gasteiger charge is -2.27. The number of nitrogens with one attached hydrogen (secondary N) is 3. The Balaban J connectivity index is 0.00000264. The van der Waals surface area contributed by atoms with E-state index in [1.165, 1.54) is 12.8 Å². The molecule has 1 amide bonds. The molecule has 1 atom stereocenters. The molecule has 1 aliphatic heterocycles. The molecule has 1 aromatic carbocycles. The second-order valence-electron chi connectivity index (χ2n) is 6.27. The van der Waals surface area contributed by atoms with Crippen LogP contribution in [0, 0.1) is 11.8 Å². The summed E-state index contributed by atoms with van der Waals surface area (Å²) in [5.74, 6) is 1.39. The summed E-state index contributed by atoms with van der Waals surface area (Å²) in [6, 6.07) is 10.2. The maximum Gasteiger partial charge on any atom is 0.220 e. The lowest BCUT2D eigenvalue weighted by molar-refractivity contribution is -0.122. The van der Waals surface area contributed by atoms with E-state index in [1.54, 1.807) is 0 Å². The molecule has 0 aromatic heterocycles. The van der Waals surface area contributed by atoms with Gasteiger partial charge in [0.15, 0.2) is 0 Å². The van der Waals surface area contributed by atoms with Crippen LogP contribution in [0.1, 0.15) is 32.6 Å². The number of hydrogen-bond donors (Lipinski definition) is 3. The molecule has 1 aromatic rings. The van der Waals surface area contributed by atoms with Crippen LogP contribution in [0.25, 0.3) is 0 Å². The van der Waals surface area contributed by atoms with Crippen LogP contribution in [0.5, 0.6) is 0 Å². The molecule has 0 bridgehead atoms. The van der Waals surface area contributed by atoms with Gasteiger partial charge in [0, 0.05) is 25.2 Å². The van der Waals surface area contributed by atoms with Crippen LogP contribution >= 0.6 is 24.8 Å². The zero-order chi connectivity index (χ0) is 15.6. The fourth-order valence-electron chi connectivity index (χ4n) is 3.05. The van der Waals surface area contributed by atoms with Crippen LogP contribution in [0.3, 0.4) is 0 Å². The number of rotatable bonds is 8. The van der Waals surface area contributed by atoms with E-state index in [4.69, 9.17) is 0 Å². The zero-order valence-corrected chi connectivity index (χ0v) is 16.1. The normalized spacial score (nSPS) is 15.5. The van der Waals surface area contributed by atoms with Crippen LogP contribution in [0.2, 0.25) is 0 Å². The minimum atomic E-state index is 0. The van der Waals surface area contributed by atoms with Gasteiger partial charge in [-0.2, -0.15) is 0 Å². The first-order valence-corrected chi connectivity index (χ1v) is 8.52. The van der Waals surface area contributed by atoms with E-state index in [-0.39, 0.29) is 30.7 Å². The number of hydrogen-bond acceptors (Lipinski definition) is 3. The molecule has 4 nitrogen and oxygen atoms in total. The van der Waals surface area contributed by atoms with Crippen LogP contribution in [0.4, 0.5) is 5.69 Å². The summed E-state index contributed by atoms with van der Waals surface area (Å²) in [5.41, 5.74) is 1.13. The van der Waals surface area contributed by atoms with Gasteiger partial charge >= 0.3 is 0 Å². The van der Waals surface area contributed by atoms with E-state index < -0.39 is 0 Å². The molecular weight excluding hydrogens is 345 g/mol. The fraction of sp³-hybridized carbons (Fsp3) is 0.611. The van der Waals surface area contributed by atoms with E-state index in [0.29, 0.717) is 18.3 Å². The van der Waals surface area contributed by atoms with Gasteiger partial charge in [0.1, 0.15) is 0 Å². The summed E-state index contributed by atoms with van der Waals surface area (Å²) in [6.07, 6.45) is 4.02. The minimum absolute atomic E-state index is 0. The quantitative estimate of drug-likeness (QED) is 0.609. The van der Waals surface area contributed by atoms with Crippen LogP contribution in [-0.4, -0.2) is 32.1 Å². The van der Waals surface area contributed by atoms with Crippen molar-refractivity contribution < 1.29 is 4.79 Å². The number of benzene rings is 1. The molecule has 1 aliphatic rings. The molecule has 0 spiro atoms. The van der Waals surface area contributed by atoms with E-state index in [2.05, 4.69) is 35.0 Å². The average molecular weight is 376 g/mol. The Morgan fingerprint density at radius 2 is 1.83 bits per heavy atom. The smallest absolute Gasteiger partial charge is 0.220 e. The molecule has 138 valence electrons. The standard InChI is InChI=1S/C18H29N3O.2ClH/c1-15(16-8-12-19-13-9-16)14-18(22)21-11-5-10-20-17-6-3-2-4-7-17;;/h2-4,6-7,15-16,19-20H,5,8-14H2,1H3,(H,21,22);2*1H. The van der Waals surface area contributed by atoms with Gasteiger partial charge in [-0.1, -0.05) is 25.1 Å². The molecule has 1 saturated heterocycles. The third-order valence-electron chi connectivity index (χ3n) is 4.47. The van der Waals surface area contributed by atoms with Gasteiger partial charge in [0.25, 0.3) is 0 Å². The van der Waals surface area contributed by atoms with Crippen molar-refractivity contribution in [2.75, 3.05) is 31.5 Å². The third kappa shape index (κ3) is 8.76. The van der Waals surface area contributed by atoms with Gasteiger partial charge < -0.3 is 16.0 Å². The Kier molecular flexibility index (Phi) is 12.8. The zero-order valence-electron chi connectivity index (χ0n) is 14.4. The molecule has 1 heterocycles. The molecule has 0 saturated carbocycles. The van der Waals surface area contributed by atoms with Gasteiger partial charge in [0.2, 0.25) is 5.91 Å². The van der Waals surface area contributed by atoms with Crippen LogP contribution < -0.4 is 16.0 Å². The number of amides is 1. The molecule has 0 radical (unpaired) electrons. The molecule has 6 heteroatoms. The number of halogens is 2. The monoisotopic (exact) mass is 375 g/mol. The van der Waals surface area contributed by atoms with Gasteiger partial charge in [-0.15, -0.1) is 24.8 Å². The topological polar surface area (TPSA) is 53.2 Å². The third-order valence-corrected chi connectivity index (χ3v) is 4.47. The van der Waals surface area contributed by atoms with Crippen molar-refractivity contribution >= 4 is 36.4 Å². The number of para-hydroxylation sites is 1. The number of piperidine rings is 1. The summed E-state index contributed by atoms with van der Waals surface area (Å²) >= 11 is 0. The molecule has 1 unspecified atom stereocenters. The first-order chi connectivity index (χ1) is 10.8. The highest BCUT2D eigenvalue weighted by Crippen LogP contribution is 2.24. The summed E-state index contributed by atoms with van der Waals surface area (Å²) in [5, 5.41) is 9.77. The lowest BCUT2D eigenvalue weighted by Crippen LogP contribution is -2.34. The predicted octanol–water partition coefficient (Wildman–Crippen LogP) is 3.47. The first kappa shape index (κ1) is 23.0. The molecule has 1 fully saturated rings. The van der Waals surface area contributed by atoms with Crippen LogP contribution in [0.15, 0.2) is 30.3 Å². The van der Waals surface area contributed by atoms with Crippen molar-refractivity contribution in [3.63, 3.8) is 0 Å². The van der Waals surface area contributed by atoms with Gasteiger partial charge in [-0.25, -0.2) is 0 Å². The summed E-state index contributed by atoms with van der Waals surface area (Å²) < 4.78 is 0. The number of carbonyl (C=O) groups excluding carboxylic acids is 1. The van der Waals surface area contributed by atoms with Crippen molar-refractivity contribution in [3.8, 4) is 0 Å². The van der Waals surface area contributed by atoms with E-state index in [1.807, 2.05) is 18.2 Å². The highest BCUT2D eigenvalue weighted by Gasteiger charge is 2.21. The van der Waals surface area contributed by atoms with Gasteiger partial charge in [-0.3, -0.25) is 4.79 Å². The predicted molar refractivity (Wildman–Crippen MR) is 106 cm³/mol. The SMILES string of the molecule is CC(CC(=O)NCCCNc1ccccc1)C1CCNCC1.Cl.Cl. The molecule has 24 heavy (non-hydrogen) atoms. The Bertz CT molecular complexity index is 439. The van der Waals surface area contributed by atoms with Crippen molar-refractivity contribution in [1.82, 2.24) is 10.6 Å². The fourth-order valence-corrected chi connectivity index (χ4v) is 3.05. The van der Waals surface area contributed by atoms with Crippen molar-refractivity contribution in [2.45, 2.75) is 32.6 Å². The highest BCUT2D eigenvalue weighted by molar-refractivity contribution is 5.85. The highest BCUT2D eigenvalue weighted by atomic mass is 35.5. The Hall–Kier alpha value is -0.970. The molecule has 0 aliphatic carbocycles. The van der Waals surface area contributed by atoms with Crippen LogP contribution in [-0.2, 0) is 4.79 Å². The van der Waals surface area contributed by atoms with Gasteiger partial charge in [-0.05, 0) is 56.3 Å². The van der Waals surface area contributed by atoms with Crippen molar-refractivity contribution in [1.29, 1.82) is 0 Å². The van der Waals surface area contributed by atoms with E-state index in [9.17, 15) is 4.79 Å². The van der Waals surface area contributed by atoms with Gasteiger partial charge in [0.05, 0.1) is 0 Å². The molecule has 3 N–H and O–H groups in total. The summed E-state index contributed by atoms with van der Waals surface area (Å²) in [6.45, 7) is 6.04. The largest absolute Gasteiger partial charge is 0.385 e. The second-order valence-corrected chi connectivity index (χ2v) is 6.27. The van der Waals surface area contributed by atoms with E-state index in [0.717, 1.165) is 38.3 Å².